The van der Waals surface area contributed by atoms with Gasteiger partial charge in [0.05, 0.1) is 12.6 Å². The quantitative estimate of drug-likeness (QED) is 0.778. The molecule has 0 heterocycles. The van der Waals surface area contributed by atoms with E-state index < -0.39 is 11.0 Å². The molecule has 0 saturated heterocycles. The zero-order valence-electron chi connectivity index (χ0n) is 15.5. The van der Waals surface area contributed by atoms with Crippen LogP contribution in [0.1, 0.15) is 32.8 Å². The number of hydrogen-bond donors (Lipinski definition) is 2. The second-order valence-corrected chi connectivity index (χ2v) is 7.26. The highest BCUT2D eigenvalue weighted by Crippen LogP contribution is 2.49. The van der Waals surface area contributed by atoms with Gasteiger partial charge < -0.3 is 20.7 Å². The maximum atomic E-state index is 12.5. The van der Waals surface area contributed by atoms with Gasteiger partial charge in [-0.05, 0) is 12.5 Å². The van der Waals surface area contributed by atoms with E-state index in [1.54, 1.807) is 11.9 Å². The molecule has 1 aliphatic carbocycles. The summed E-state index contributed by atoms with van der Waals surface area (Å²) in [4.78, 5) is 26.4. The van der Waals surface area contributed by atoms with Crippen molar-refractivity contribution in [3.05, 3.63) is 35.9 Å². The summed E-state index contributed by atoms with van der Waals surface area (Å²) in [6, 6.07) is 9.72. The molecule has 2 amide bonds. The van der Waals surface area contributed by atoms with Crippen molar-refractivity contribution in [1.82, 2.24) is 10.2 Å². The minimum absolute atomic E-state index is 0.0373. The summed E-state index contributed by atoms with van der Waals surface area (Å²) in [7, 11) is 1.72. The zero-order chi connectivity index (χ0) is 18.7. The SMILES string of the molecule is CCOC1CC(N)(C(=O)NCC(=O)N(C)Cc2ccccc2)C1(C)C. The average molecular weight is 347 g/mol. The Balaban J connectivity index is 1.86. The molecule has 0 radical (unpaired) electrons. The molecule has 1 aromatic carbocycles. The van der Waals surface area contributed by atoms with Crippen LogP contribution in [-0.2, 0) is 20.9 Å². The summed E-state index contributed by atoms with van der Waals surface area (Å²) < 4.78 is 5.63. The zero-order valence-corrected chi connectivity index (χ0v) is 15.5. The van der Waals surface area contributed by atoms with Crippen LogP contribution < -0.4 is 11.1 Å². The van der Waals surface area contributed by atoms with E-state index in [4.69, 9.17) is 10.5 Å². The van der Waals surface area contributed by atoms with E-state index in [9.17, 15) is 9.59 Å². The largest absolute Gasteiger partial charge is 0.378 e. The van der Waals surface area contributed by atoms with Crippen molar-refractivity contribution in [3.8, 4) is 0 Å². The maximum Gasteiger partial charge on any atom is 0.242 e. The molecule has 0 aliphatic heterocycles. The Morgan fingerprint density at radius 2 is 1.96 bits per heavy atom. The first kappa shape index (κ1) is 19.4. The first-order valence-electron chi connectivity index (χ1n) is 8.69. The second-order valence-electron chi connectivity index (χ2n) is 7.26. The highest BCUT2D eigenvalue weighted by molar-refractivity contribution is 5.92. The molecule has 2 rings (SSSR count). The van der Waals surface area contributed by atoms with Gasteiger partial charge in [-0.15, -0.1) is 0 Å². The van der Waals surface area contributed by atoms with Crippen molar-refractivity contribution in [2.24, 2.45) is 11.1 Å². The molecule has 6 nitrogen and oxygen atoms in total. The van der Waals surface area contributed by atoms with Gasteiger partial charge in [0.1, 0.15) is 5.54 Å². The normalized spacial score (nSPS) is 24.3. The van der Waals surface area contributed by atoms with Gasteiger partial charge in [-0.3, -0.25) is 9.59 Å². The first-order valence-corrected chi connectivity index (χ1v) is 8.69. The monoisotopic (exact) mass is 347 g/mol. The van der Waals surface area contributed by atoms with E-state index in [0.717, 1.165) is 5.56 Å². The van der Waals surface area contributed by atoms with Crippen LogP contribution in [0.2, 0.25) is 0 Å². The predicted molar refractivity (Wildman–Crippen MR) is 96.7 cm³/mol. The summed E-state index contributed by atoms with van der Waals surface area (Å²) in [5, 5.41) is 2.70. The Hall–Kier alpha value is -1.92. The third-order valence-electron chi connectivity index (χ3n) is 5.32. The standard InChI is InChI=1S/C19H29N3O3/c1-5-25-15-11-19(20,18(15,2)3)17(24)21-12-16(23)22(4)13-14-9-7-6-8-10-14/h6-10,15H,5,11-13,20H2,1-4H3,(H,21,24). The van der Waals surface area contributed by atoms with Crippen molar-refractivity contribution < 1.29 is 14.3 Å². The first-order chi connectivity index (χ1) is 11.7. The fraction of sp³-hybridized carbons (Fsp3) is 0.579. The minimum Gasteiger partial charge on any atom is -0.378 e. The lowest BCUT2D eigenvalue weighted by Gasteiger charge is -2.57. The molecule has 138 valence electrons. The molecule has 0 aromatic heterocycles. The van der Waals surface area contributed by atoms with Gasteiger partial charge >= 0.3 is 0 Å². The van der Waals surface area contributed by atoms with Gasteiger partial charge in [0, 0.05) is 32.0 Å². The number of likely N-dealkylation sites (N-methyl/N-ethyl adjacent to an activating group) is 1. The van der Waals surface area contributed by atoms with Crippen molar-refractivity contribution in [2.45, 2.75) is 45.4 Å². The Morgan fingerprint density at radius 3 is 2.52 bits per heavy atom. The van der Waals surface area contributed by atoms with Crippen molar-refractivity contribution >= 4 is 11.8 Å². The van der Waals surface area contributed by atoms with Crippen LogP contribution in [0.25, 0.3) is 0 Å². The van der Waals surface area contributed by atoms with Gasteiger partial charge in [0.25, 0.3) is 0 Å². The Labute approximate surface area is 149 Å². The third kappa shape index (κ3) is 3.85. The van der Waals surface area contributed by atoms with Gasteiger partial charge in [-0.1, -0.05) is 44.2 Å². The van der Waals surface area contributed by atoms with E-state index in [0.29, 0.717) is 19.6 Å². The number of nitrogens with two attached hydrogens (primary N) is 1. The fourth-order valence-electron chi connectivity index (χ4n) is 3.21. The highest BCUT2D eigenvalue weighted by atomic mass is 16.5. The lowest BCUT2D eigenvalue weighted by molar-refractivity contribution is -0.171. The lowest BCUT2D eigenvalue weighted by Crippen LogP contribution is -2.76. The van der Waals surface area contributed by atoms with Crippen molar-refractivity contribution in [2.75, 3.05) is 20.2 Å². The number of ether oxygens (including phenoxy) is 1. The molecular weight excluding hydrogens is 318 g/mol. The van der Waals surface area contributed by atoms with Crippen LogP contribution in [0.4, 0.5) is 0 Å². The number of carbonyl (C=O) groups is 2. The summed E-state index contributed by atoms with van der Waals surface area (Å²) in [6.07, 6.45) is 0.429. The summed E-state index contributed by atoms with van der Waals surface area (Å²) in [5.41, 5.74) is 5.88. The highest BCUT2D eigenvalue weighted by Gasteiger charge is 2.62. The Morgan fingerprint density at radius 1 is 1.32 bits per heavy atom. The number of hydrogen-bond acceptors (Lipinski definition) is 4. The van der Waals surface area contributed by atoms with Gasteiger partial charge in [-0.25, -0.2) is 0 Å². The van der Waals surface area contributed by atoms with Crippen LogP contribution >= 0.6 is 0 Å². The number of amides is 2. The number of carbonyl (C=O) groups excluding carboxylic acids is 2. The van der Waals surface area contributed by atoms with Gasteiger partial charge in [0.15, 0.2) is 0 Å². The number of nitrogens with one attached hydrogen (secondary N) is 1. The second kappa shape index (κ2) is 7.54. The molecule has 0 spiro atoms. The Kier molecular flexibility index (Phi) is 5.85. The summed E-state index contributed by atoms with van der Waals surface area (Å²) in [5.74, 6) is -0.450. The van der Waals surface area contributed by atoms with Crippen molar-refractivity contribution in [1.29, 1.82) is 0 Å². The van der Waals surface area contributed by atoms with Gasteiger partial charge in [0.2, 0.25) is 11.8 Å². The summed E-state index contributed by atoms with van der Waals surface area (Å²) >= 11 is 0. The number of benzene rings is 1. The molecule has 6 heteroatoms. The van der Waals surface area contributed by atoms with Crippen LogP contribution in [0.5, 0.6) is 0 Å². The number of rotatable bonds is 7. The van der Waals surface area contributed by atoms with E-state index >= 15 is 0 Å². The maximum absolute atomic E-state index is 12.5. The van der Waals surface area contributed by atoms with E-state index in [2.05, 4.69) is 5.32 Å². The fourth-order valence-corrected chi connectivity index (χ4v) is 3.21. The molecular formula is C19H29N3O3. The van der Waals surface area contributed by atoms with Crippen LogP contribution in [0, 0.1) is 5.41 Å². The molecule has 2 atom stereocenters. The molecule has 25 heavy (non-hydrogen) atoms. The van der Waals surface area contributed by atoms with Crippen molar-refractivity contribution in [3.63, 3.8) is 0 Å². The minimum atomic E-state index is -1.01. The Bertz CT molecular complexity index is 618. The molecule has 2 unspecified atom stereocenters. The van der Waals surface area contributed by atoms with E-state index in [1.165, 1.54) is 0 Å². The van der Waals surface area contributed by atoms with E-state index in [1.807, 2.05) is 51.1 Å². The smallest absolute Gasteiger partial charge is 0.242 e. The third-order valence-corrected chi connectivity index (χ3v) is 5.32. The molecule has 3 N–H and O–H groups in total. The predicted octanol–water partition coefficient (Wildman–Crippen LogP) is 1.29. The summed E-state index contributed by atoms with van der Waals surface area (Å²) in [6.45, 7) is 6.82. The topological polar surface area (TPSA) is 84.7 Å². The van der Waals surface area contributed by atoms with Crippen LogP contribution in [-0.4, -0.2) is 48.6 Å². The average Bonchev–Trinajstić information content (AvgIpc) is 2.59. The molecule has 1 saturated carbocycles. The molecule has 0 bridgehead atoms. The van der Waals surface area contributed by atoms with Gasteiger partial charge in [-0.2, -0.15) is 0 Å². The molecule has 1 fully saturated rings. The van der Waals surface area contributed by atoms with E-state index in [-0.39, 0.29) is 24.5 Å². The molecule has 1 aliphatic rings. The van der Waals surface area contributed by atoms with Crippen LogP contribution in [0.3, 0.4) is 0 Å². The lowest BCUT2D eigenvalue weighted by atomic mass is 9.54. The molecule has 1 aromatic rings. The van der Waals surface area contributed by atoms with Crippen LogP contribution in [0.15, 0.2) is 30.3 Å². The number of nitrogens with zero attached hydrogens (tertiary/aromatic N) is 1.